The maximum Gasteiger partial charge on any atom is 0.264 e. The summed E-state index contributed by atoms with van der Waals surface area (Å²) in [6, 6.07) is 11.0. The quantitative estimate of drug-likeness (QED) is 0.389. The Hall–Kier alpha value is -2.86. The van der Waals surface area contributed by atoms with E-state index in [1.165, 1.54) is 5.56 Å². The van der Waals surface area contributed by atoms with Gasteiger partial charge in [0.2, 0.25) is 15.9 Å². The molecule has 3 aliphatic heterocycles. The van der Waals surface area contributed by atoms with Crippen molar-refractivity contribution >= 4 is 39.1 Å². The SMILES string of the molecule is CC(=O)N(C)[C@H]1CO[C@@H]([C@H]2CCC[C@H](C)[C@@H](C)S(=O)(=O)NC(=O)c3ccc4c(c3)N(CCCCc3cc(Cl)ccc3CO4)C[C@@H]3CC[C@H]32)OC1. The van der Waals surface area contributed by atoms with Crippen molar-refractivity contribution in [1.82, 2.24) is 9.62 Å². The van der Waals surface area contributed by atoms with Gasteiger partial charge >= 0.3 is 0 Å². The smallest absolute Gasteiger partial charge is 0.264 e. The van der Waals surface area contributed by atoms with Gasteiger partial charge in [-0.3, -0.25) is 9.59 Å². The third kappa shape index (κ3) is 8.27. The van der Waals surface area contributed by atoms with E-state index in [1.54, 1.807) is 44.0 Å². The van der Waals surface area contributed by atoms with Crippen LogP contribution in [0.15, 0.2) is 36.4 Å². The zero-order valence-electron chi connectivity index (χ0n) is 29.7. The summed E-state index contributed by atoms with van der Waals surface area (Å²) in [5, 5.41) is -0.0510. The number of carbonyl (C=O) groups is 2. The van der Waals surface area contributed by atoms with Gasteiger partial charge in [-0.15, -0.1) is 0 Å². The molecule has 3 heterocycles. The topological polar surface area (TPSA) is 114 Å². The molecule has 2 amide bonds. The predicted octanol–water partition coefficient (Wildman–Crippen LogP) is 6.19. The first-order valence-corrected chi connectivity index (χ1v) is 20.2. The number of nitrogens with one attached hydrogen (secondary N) is 1. The molecule has 2 aromatic carbocycles. The number of nitrogens with zero attached hydrogens (tertiary/aromatic N) is 2. The number of fused-ring (bicyclic) bond motifs is 3. The molecule has 1 saturated heterocycles. The Labute approximate surface area is 302 Å². The zero-order chi connectivity index (χ0) is 35.6. The molecule has 0 spiro atoms. The van der Waals surface area contributed by atoms with Crippen molar-refractivity contribution in [3.63, 3.8) is 0 Å². The highest BCUT2D eigenvalue weighted by atomic mass is 35.5. The summed E-state index contributed by atoms with van der Waals surface area (Å²) in [5.74, 6) is 0.704. The van der Waals surface area contributed by atoms with E-state index < -0.39 is 21.2 Å². The van der Waals surface area contributed by atoms with Gasteiger partial charge in [0.1, 0.15) is 12.4 Å². The van der Waals surface area contributed by atoms with Gasteiger partial charge in [0.25, 0.3) is 5.91 Å². The molecule has 1 saturated carbocycles. The molecule has 4 aliphatic rings. The first-order chi connectivity index (χ1) is 23.9. The maximum atomic E-state index is 13.5. The second kappa shape index (κ2) is 15.8. The Morgan fingerprint density at radius 3 is 2.46 bits per heavy atom. The molecule has 2 aromatic rings. The largest absolute Gasteiger partial charge is 0.487 e. The Balaban J connectivity index is 1.33. The minimum absolute atomic E-state index is 0.0192. The number of ether oxygens (including phenoxy) is 3. The molecule has 10 nitrogen and oxygen atoms in total. The molecule has 1 N–H and O–H groups in total. The van der Waals surface area contributed by atoms with E-state index in [4.69, 9.17) is 25.8 Å². The number of anilines is 1. The van der Waals surface area contributed by atoms with Gasteiger partial charge in [-0.2, -0.15) is 0 Å². The molecule has 6 rings (SSSR count). The van der Waals surface area contributed by atoms with Crippen molar-refractivity contribution in [2.24, 2.45) is 23.7 Å². The van der Waals surface area contributed by atoms with Crippen LogP contribution in [0.2, 0.25) is 5.02 Å². The van der Waals surface area contributed by atoms with Crippen LogP contribution in [0.3, 0.4) is 0 Å². The lowest BCUT2D eigenvalue weighted by Gasteiger charge is -2.48. The van der Waals surface area contributed by atoms with Crippen LogP contribution in [0.5, 0.6) is 5.75 Å². The summed E-state index contributed by atoms with van der Waals surface area (Å²) in [5.41, 5.74) is 3.33. The molecule has 1 aliphatic carbocycles. The number of amides is 2. The van der Waals surface area contributed by atoms with E-state index in [0.717, 1.165) is 69.3 Å². The summed E-state index contributed by atoms with van der Waals surface area (Å²) in [7, 11) is -2.15. The third-order valence-corrected chi connectivity index (χ3v) is 13.9. The summed E-state index contributed by atoms with van der Waals surface area (Å²) in [6.07, 6.45) is 6.87. The van der Waals surface area contributed by atoms with E-state index in [1.807, 2.05) is 25.1 Å². The zero-order valence-corrected chi connectivity index (χ0v) is 31.3. The monoisotopic (exact) mass is 729 g/mol. The van der Waals surface area contributed by atoms with Crippen LogP contribution in [0, 0.1) is 23.7 Å². The van der Waals surface area contributed by atoms with Crippen molar-refractivity contribution in [3.8, 4) is 5.75 Å². The molecule has 274 valence electrons. The summed E-state index contributed by atoms with van der Waals surface area (Å²) in [6.45, 7) is 7.90. The van der Waals surface area contributed by atoms with E-state index in [2.05, 4.69) is 9.62 Å². The van der Waals surface area contributed by atoms with Crippen LogP contribution in [0.1, 0.15) is 87.2 Å². The standard InChI is InChI=1S/C38H52ClN3O7S/c1-24-8-7-10-34(38-48-22-32(23-49-38)41(4)26(3)43)33-15-12-29(33)20-42-17-6-5-9-27-18-31(39)14-11-30(27)21-47-36-16-13-28(19-35(36)42)37(44)40-50(45,46)25(24)2/h11,13-14,16,18-19,24-25,29,32-34,38H,5-10,12,15,17,20-23H2,1-4H3,(H,40,44)/t24-,25+,29-,32-,33+,34-,38+/m0/s1. The number of halogens is 1. The minimum Gasteiger partial charge on any atom is -0.487 e. The molecule has 0 aromatic heterocycles. The molecule has 2 bridgehead atoms. The lowest BCUT2D eigenvalue weighted by atomic mass is 9.65. The second-order valence-corrected chi connectivity index (χ2v) is 17.3. The molecule has 0 unspecified atom stereocenters. The maximum absolute atomic E-state index is 13.5. The predicted molar refractivity (Wildman–Crippen MR) is 194 cm³/mol. The number of hydrogen-bond acceptors (Lipinski definition) is 8. The number of hydrogen-bond donors (Lipinski definition) is 1. The van der Waals surface area contributed by atoms with Crippen LogP contribution in [-0.2, 0) is 37.3 Å². The highest BCUT2D eigenvalue weighted by Crippen LogP contribution is 2.46. The average Bonchev–Trinajstić information content (AvgIpc) is 3.11. The van der Waals surface area contributed by atoms with Crippen LogP contribution in [0.4, 0.5) is 5.69 Å². The van der Waals surface area contributed by atoms with E-state index >= 15 is 0 Å². The molecule has 12 heteroatoms. The highest BCUT2D eigenvalue weighted by molar-refractivity contribution is 7.90. The molecule has 0 radical (unpaired) electrons. The molecule has 5 atom stereocenters. The third-order valence-electron chi connectivity index (χ3n) is 11.7. The first kappa shape index (κ1) is 36.9. The normalized spacial score (nSPS) is 30.6. The summed E-state index contributed by atoms with van der Waals surface area (Å²) in [4.78, 5) is 29.6. The molecular weight excluding hydrogens is 678 g/mol. The van der Waals surface area contributed by atoms with Crippen LogP contribution in [0.25, 0.3) is 0 Å². The molecule has 50 heavy (non-hydrogen) atoms. The van der Waals surface area contributed by atoms with Gasteiger partial charge in [0, 0.05) is 43.6 Å². The van der Waals surface area contributed by atoms with E-state index in [9.17, 15) is 18.0 Å². The number of sulfonamides is 1. The van der Waals surface area contributed by atoms with Crippen molar-refractivity contribution in [2.75, 3.05) is 38.3 Å². The van der Waals surface area contributed by atoms with Gasteiger partial charge in [-0.25, -0.2) is 13.1 Å². The van der Waals surface area contributed by atoms with Gasteiger partial charge in [-0.05, 0) is 111 Å². The van der Waals surface area contributed by atoms with E-state index in [-0.39, 0.29) is 35.6 Å². The highest BCUT2D eigenvalue weighted by Gasteiger charge is 2.44. The van der Waals surface area contributed by atoms with Gasteiger partial charge in [0.05, 0.1) is 30.2 Å². The fourth-order valence-corrected chi connectivity index (χ4v) is 9.54. The second-order valence-electron chi connectivity index (χ2n) is 14.9. The van der Waals surface area contributed by atoms with Crippen molar-refractivity contribution in [2.45, 2.75) is 96.3 Å². The van der Waals surface area contributed by atoms with Gasteiger partial charge < -0.3 is 24.0 Å². The van der Waals surface area contributed by atoms with Crippen LogP contribution < -0.4 is 14.4 Å². The lowest BCUT2D eigenvalue weighted by molar-refractivity contribution is -0.241. The lowest BCUT2D eigenvalue weighted by Crippen LogP contribution is -2.52. The number of likely N-dealkylation sites (N-methyl/N-ethyl adjacent to an activating group) is 1. The Kier molecular flexibility index (Phi) is 11.7. The fourth-order valence-electron chi connectivity index (χ4n) is 8.03. The molecule has 2 fully saturated rings. The molecular formula is C38H52ClN3O7S. The van der Waals surface area contributed by atoms with Crippen molar-refractivity contribution in [1.29, 1.82) is 0 Å². The number of aryl methyl sites for hydroxylation is 1. The Morgan fingerprint density at radius 2 is 1.74 bits per heavy atom. The van der Waals surface area contributed by atoms with E-state index in [0.29, 0.717) is 48.8 Å². The summed E-state index contributed by atoms with van der Waals surface area (Å²) < 4.78 is 48.6. The fraction of sp³-hybridized carbons (Fsp3) is 0.632. The number of carbonyl (C=O) groups excluding carboxylic acids is 2. The van der Waals surface area contributed by atoms with Gasteiger partial charge in [0.15, 0.2) is 6.29 Å². The Bertz CT molecular complexity index is 1650. The van der Waals surface area contributed by atoms with Gasteiger partial charge in [-0.1, -0.05) is 31.0 Å². The van der Waals surface area contributed by atoms with Crippen LogP contribution >= 0.6 is 11.6 Å². The van der Waals surface area contributed by atoms with Crippen LogP contribution in [-0.4, -0.2) is 76.1 Å². The van der Waals surface area contributed by atoms with Crippen molar-refractivity contribution in [3.05, 3.63) is 58.1 Å². The van der Waals surface area contributed by atoms with Crippen molar-refractivity contribution < 1.29 is 32.2 Å². The number of rotatable bonds is 2. The minimum atomic E-state index is -3.94. The summed E-state index contributed by atoms with van der Waals surface area (Å²) >= 11 is 6.37. The number of benzene rings is 2. The average molecular weight is 730 g/mol. The first-order valence-electron chi connectivity index (χ1n) is 18.2. The Morgan fingerprint density at radius 1 is 0.960 bits per heavy atom.